The number of hydrogen-bond acceptors (Lipinski definition) is 7. The Morgan fingerprint density at radius 2 is 1.47 bits per heavy atom. The first-order valence-electron chi connectivity index (χ1n) is 14.6. The molecular weight excluding hydrogens is 552 g/mol. The number of aromatic hydroxyl groups is 1. The molecule has 2 aliphatic rings. The molecule has 2 aromatic rings. The summed E-state index contributed by atoms with van der Waals surface area (Å²) in [5, 5.41) is 12.0. The van der Waals surface area contributed by atoms with E-state index in [1.165, 1.54) is 26.8 Å². The predicted molar refractivity (Wildman–Crippen MR) is 158 cm³/mol. The average molecular weight is 593 g/mol. The highest BCUT2D eigenvalue weighted by molar-refractivity contribution is 5.96. The molecule has 2 fully saturated rings. The van der Waals surface area contributed by atoms with E-state index in [1.807, 2.05) is 30.3 Å². The predicted octanol–water partition coefficient (Wildman–Crippen LogP) is -0.0848. The van der Waals surface area contributed by atoms with Gasteiger partial charge >= 0.3 is 0 Å². The smallest absolute Gasteiger partial charge is 0.246 e. The van der Waals surface area contributed by atoms with Crippen LogP contribution in [0.25, 0.3) is 0 Å². The topological polar surface area (TPSA) is 179 Å². The summed E-state index contributed by atoms with van der Waals surface area (Å²) in [5.74, 6) is -2.14. The maximum atomic E-state index is 14.1. The summed E-state index contributed by atoms with van der Waals surface area (Å²) in [6, 6.07) is 12.4. The monoisotopic (exact) mass is 592 g/mol. The van der Waals surface area contributed by atoms with Crippen molar-refractivity contribution in [1.29, 1.82) is 0 Å². The molecule has 2 aromatic carbocycles. The summed E-state index contributed by atoms with van der Waals surface area (Å²) in [4.78, 5) is 69.8. The number of primary amides is 1. The second kappa shape index (κ2) is 14.1. The number of carbonyl (C=O) groups excluding carboxylic acids is 5. The molecule has 12 heteroatoms. The van der Waals surface area contributed by atoms with Gasteiger partial charge in [0.1, 0.15) is 23.9 Å². The molecule has 230 valence electrons. The maximum Gasteiger partial charge on any atom is 0.246 e. The van der Waals surface area contributed by atoms with E-state index >= 15 is 0 Å². The Kier molecular flexibility index (Phi) is 10.4. The minimum absolute atomic E-state index is 0.114. The summed E-state index contributed by atoms with van der Waals surface area (Å²) in [5.41, 5.74) is 13.1. The summed E-state index contributed by atoms with van der Waals surface area (Å²) < 4.78 is 0. The fourth-order valence-electron chi connectivity index (χ4n) is 5.88. The number of carbonyl (C=O) groups is 5. The van der Waals surface area contributed by atoms with Gasteiger partial charge in [-0.15, -0.1) is 0 Å². The number of likely N-dealkylation sites (N-methyl/N-ethyl adjacent to an activating group) is 1. The van der Waals surface area contributed by atoms with Crippen LogP contribution in [0, 0.1) is 0 Å². The van der Waals surface area contributed by atoms with Gasteiger partial charge in [0.25, 0.3) is 0 Å². The molecule has 4 atom stereocenters. The Bertz CT molecular complexity index is 1320. The summed E-state index contributed by atoms with van der Waals surface area (Å²) in [7, 11) is 1.56. The third kappa shape index (κ3) is 7.69. The van der Waals surface area contributed by atoms with Crippen molar-refractivity contribution in [2.24, 2.45) is 11.5 Å². The SMILES string of the molecule is CN(C(=O)[C@@H]1CCCN1C(=O)[C@@H](N)Cc1ccc(O)cc1)C(Cc1ccccc1)C(=O)N1CCC[C@@H]1C(=O)NCC(N)=O. The van der Waals surface area contributed by atoms with Crippen LogP contribution in [0.15, 0.2) is 54.6 Å². The molecule has 2 heterocycles. The van der Waals surface area contributed by atoms with Crippen LogP contribution in [-0.4, -0.2) is 100 Å². The van der Waals surface area contributed by atoms with Crippen LogP contribution in [0.5, 0.6) is 5.75 Å². The molecule has 0 aliphatic carbocycles. The normalized spacial score (nSPS) is 19.5. The molecule has 2 aliphatic heterocycles. The highest BCUT2D eigenvalue weighted by atomic mass is 16.3. The zero-order chi connectivity index (χ0) is 31.1. The van der Waals surface area contributed by atoms with E-state index in [9.17, 15) is 29.1 Å². The molecule has 0 radical (unpaired) electrons. The number of phenols is 1. The van der Waals surface area contributed by atoms with Crippen LogP contribution < -0.4 is 16.8 Å². The van der Waals surface area contributed by atoms with Gasteiger partial charge in [0, 0.05) is 26.6 Å². The Morgan fingerprint density at radius 1 is 0.884 bits per heavy atom. The molecule has 4 rings (SSSR count). The highest BCUT2D eigenvalue weighted by Crippen LogP contribution is 2.25. The van der Waals surface area contributed by atoms with Gasteiger partial charge < -0.3 is 36.6 Å². The van der Waals surface area contributed by atoms with Crippen LogP contribution in [-0.2, 0) is 36.8 Å². The van der Waals surface area contributed by atoms with E-state index in [4.69, 9.17) is 11.5 Å². The fraction of sp³-hybridized carbons (Fsp3) is 0.452. The largest absolute Gasteiger partial charge is 0.508 e. The Morgan fingerprint density at radius 3 is 2.09 bits per heavy atom. The molecule has 6 N–H and O–H groups in total. The average Bonchev–Trinajstić information content (AvgIpc) is 3.69. The first kappa shape index (κ1) is 31.5. The Balaban J connectivity index is 1.52. The molecule has 0 aromatic heterocycles. The van der Waals surface area contributed by atoms with Crippen LogP contribution >= 0.6 is 0 Å². The number of amides is 5. The third-order valence-corrected chi connectivity index (χ3v) is 8.18. The van der Waals surface area contributed by atoms with Crippen molar-refractivity contribution in [2.45, 2.75) is 62.7 Å². The lowest BCUT2D eigenvalue weighted by molar-refractivity contribution is -0.151. The van der Waals surface area contributed by atoms with Gasteiger partial charge in [-0.25, -0.2) is 0 Å². The van der Waals surface area contributed by atoms with Crippen LogP contribution in [0.3, 0.4) is 0 Å². The molecule has 0 saturated carbocycles. The van der Waals surface area contributed by atoms with Gasteiger partial charge in [0.2, 0.25) is 29.5 Å². The number of nitrogens with one attached hydrogen (secondary N) is 1. The summed E-state index contributed by atoms with van der Waals surface area (Å²) in [6.45, 7) is 0.377. The van der Waals surface area contributed by atoms with Gasteiger partial charge in [-0.2, -0.15) is 0 Å². The van der Waals surface area contributed by atoms with Gasteiger partial charge in [-0.1, -0.05) is 42.5 Å². The van der Waals surface area contributed by atoms with E-state index in [0.29, 0.717) is 38.8 Å². The second-order valence-corrected chi connectivity index (χ2v) is 11.2. The number of hydrogen-bond donors (Lipinski definition) is 4. The summed E-state index contributed by atoms with van der Waals surface area (Å²) in [6.07, 6.45) is 2.54. The van der Waals surface area contributed by atoms with E-state index in [-0.39, 0.29) is 42.9 Å². The van der Waals surface area contributed by atoms with Crippen molar-refractivity contribution in [1.82, 2.24) is 20.0 Å². The van der Waals surface area contributed by atoms with E-state index in [2.05, 4.69) is 5.32 Å². The zero-order valence-corrected chi connectivity index (χ0v) is 24.4. The minimum Gasteiger partial charge on any atom is -0.508 e. The lowest BCUT2D eigenvalue weighted by atomic mass is 10.0. The van der Waals surface area contributed by atoms with E-state index < -0.39 is 36.0 Å². The number of nitrogens with zero attached hydrogens (tertiary/aromatic N) is 3. The van der Waals surface area contributed by atoms with Crippen LogP contribution in [0.1, 0.15) is 36.8 Å². The minimum atomic E-state index is -0.928. The molecule has 5 amide bonds. The van der Waals surface area contributed by atoms with Gasteiger partial charge in [-0.3, -0.25) is 24.0 Å². The Hall–Kier alpha value is -4.45. The van der Waals surface area contributed by atoms with Crippen LogP contribution in [0.2, 0.25) is 0 Å². The van der Waals surface area contributed by atoms with Crippen LogP contribution in [0.4, 0.5) is 0 Å². The fourth-order valence-corrected chi connectivity index (χ4v) is 5.88. The molecule has 12 nitrogen and oxygen atoms in total. The first-order chi connectivity index (χ1) is 20.6. The van der Waals surface area contributed by atoms with Crippen molar-refractivity contribution in [3.05, 3.63) is 65.7 Å². The number of nitrogens with two attached hydrogens (primary N) is 2. The van der Waals surface area contributed by atoms with Gasteiger partial charge in [0.05, 0.1) is 12.6 Å². The second-order valence-electron chi connectivity index (χ2n) is 11.2. The van der Waals surface area contributed by atoms with Gasteiger partial charge in [-0.05, 0) is 55.4 Å². The van der Waals surface area contributed by atoms with Gasteiger partial charge in [0.15, 0.2) is 0 Å². The van der Waals surface area contributed by atoms with Crippen molar-refractivity contribution >= 4 is 29.5 Å². The standard InChI is InChI=1S/C31H40N6O6/c1-35(30(42)25-10-6-16-37(25)29(41)23(32)17-21-11-13-22(38)14-12-21)26(18-20-7-3-2-4-8-20)31(43)36-15-5-9-24(36)28(40)34-19-27(33)39/h2-4,7-8,11-14,23-26,38H,5-6,9-10,15-19,32H2,1H3,(H2,33,39)(H,34,40)/t23-,24+,25-,26?/m0/s1. The number of rotatable bonds is 11. The molecular formula is C31H40N6O6. The molecule has 0 bridgehead atoms. The van der Waals surface area contributed by atoms with Crippen molar-refractivity contribution in [2.75, 3.05) is 26.7 Å². The number of phenolic OH excluding ortho intramolecular Hbond substituents is 1. The molecule has 2 saturated heterocycles. The van der Waals surface area contributed by atoms with Crippen molar-refractivity contribution in [3.8, 4) is 5.75 Å². The van der Waals surface area contributed by atoms with E-state index in [1.54, 1.807) is 19.2 Å². The summed E-state index contributed by atoms with van der Waals surface area (Å²) >= 11 is 0. The highest BCUT2D eigenvalue weighted by Gasteiger charge is 2.43. The zero-order valence-electron chi connectivity index (χ0n) is 24.4. The Labute approximate surface area is 251 Å². The third-order valence-electron chi connectivity index (χ3n) is 8.18. The molecule has 1 unspecified atom stereocenters. The quantitative estimate of drug-likeness (QED) is 0.282. The molecule has 0 spiro atoms. The van der Waals surface area contributed by atoms with Crippen molar-refractivity contribution in [3.63, 3.8) is 0 Å². The molecule has 43 heavy (non-hydrogen) atoms. The number of likely N-dealkylation sites (tertiary alicyclic amines) is 2. The lowest BCUT2D eigenvalue weighted by Gasteiger charge is -2.36. The van der Waals surface area contributed by atoms with E-state index in [0.717, 1.165) is 11.1 Å². The number of benzene rings is 2. The first-order valence-corrected chi connectivity index (χ1v) is 14.6. The maximum absolute atomic E-state index is 14.1. The lowest BCUT2D eigenvalue weighted by Crippen LogP contribution is -2.58. The van der Waals surface area contributed by atoms with Crippen molar-refractivity contribution < 1.29 is 29.1 Å².